The van der Waals surface area contributed by atoms with Crippen molar-refractivity contribution in [1.82, 2.24) is 5.32 Å². The summed E-state index contributed by atoms with van der Waals surface area (Å²) < 4.78 is 5.71. The summed E-state index contributed by atoms with van der Waals surface area (Å²) >= 11 is 0. The van der Waals surface area contributed by atoms with Gasteiger partial charge in [-0.25, -0.2) is 0 Å². The highest BCUT2D eigenvalue weighted by atomic mass is 16.5. The Morgan fingerprint density at radius 1 is 1.21 bits per heavy atom. The SMILES string of the molecule is CC(C)COc1ccc(C(C)(C)C(=O)NC2CCC(N)CC2)cc1. The van der Waals surface area contributed by atoms with Crippen LogP contribution in [0.1, 0.15) is 58.9 Å². The van der Waals surface area contributed by atoms with Gasteiger partial charge in [0.1, 0.15) is 5.75 Å². The van der Waals surface area contributed by atoms with Crippen molar-refractivity contribution >= 4 is 5.91 Å². The quantitative estimate of drug-likeness (QED) is 0.839. The second-order valence-electron chi connectivity index (χ2n) is 7.94. The Morgan fingerprint density at radius 3 is 2.33 bits per heavy atom. The highest BCUT2D eigenvalue weighted by molar-refractivity contribution is 5.87. The number of nitrogens with one attached hydrogen (secondary N) is 1. The smallest absolute Gasteiger partial charge is 0.230 e. The average molecular weight is 332 g/mol. The Kier molecular flexibility index (Phi) is 6.27. The van der Waals surface area contributed by atoms with E-state index in [9.17, 15) is 4.79 Å². The maximum Gasteiger partial charge on any atom is 0.230 e. The maximum atomic E-state index is 12.7. The summed E-state index contributed by atoms with van der Waals surface area (Å²) in [5, 5.41) is 3.21. The van der Waals surface area contributed by atoms with Crippen LogP contribution in [0.25, 0.3) is 0 Å². The van der Waals surface area contributed by atoms with Gasteiger partial charge in [-0.05, 0) is 63.1 Å². The molecule has 1 aromatic carbocycles. The number of benzene rings is 1. The van der Waals surface area contributed by atoms with E-state index < -0.39 is 5.41 Å². The minimum atomic E-state index is -0.559. The predicted molar refractivity (Wildman–Crippen MR) is 98.2 cm³/mol. The molecule has 134 valence electrons. The van der Waals surface area contributed by atoms with Crippen LogP contribution in [0.15, 0.2) is 24.3 Å². The molecule has 0 heterocycles. The monoisotopic (exact) mass is 332 g/mol. The molecule has 1 aromatic rings. The van der Waals surface area contributed by atoms with Gasteiger partial charge in [0, 0.05) is 12.1 Å². The summed E-state index contributed by atoms with van der Waals surface area (Å²) in [7, 11) is 0. The van der Waals surface area contributed by atoms with Gasteiger partial charge in [-0.3, -0.25) is 4.79 Å². The molecule has 1 aliphatic carbocycles. The highest BCUT2D eigenvalue weighted by Gasteiger charge is 2.32. The zero-order chi connectivity index (χ0) is 17.7. The summed E-state index contributed by atoms with van der Waals surface area (Å²) in [5.41, 5.74) is 6.38. The molecule has 0 unspecified atom stereocenters. The van der Waals surface area contributed by atoms with Crippen molar-refractivity contribution in [3.63, 3.8) is 0 Å². The molecule has 0 aliphatic heterocycles. The third kappa shape index (κ3) is 4.97. The molecule has 0 spiro atoms. The molecule has 1 amide bonds. The van der Waals surface area contributed by atoms with E-state index in [0.717, 1.165) is 37.0 Å². The van der Waals surface area contributed by atoms with Gasteiger partial charge in [-0.15, -0.1) is 0 Å². The lowest BCUT2D eigenvalue weighted by atomic mass is 9.82. The van der Waals surface area contributed by atoms with Gasteiger partial charge < -0.3 is 15.8 Å². The molecule has 2 rings (SSSR count). The van der Waals surface area contributed by atoms with Crippen molar-refractivity contribution in [2.45, 2.75) is 70.9 Å². The van der Waals surface area contributed by atoms with Crippen molar-refractivity contribution in [3.05, 3.63) is 29.8 Å². The normalized spacial score (nSPS) is 21.6. The van der Waals surface area contributed by atoms with Crippen molar-refractivity contribution in [3.8, 4) is 5.75 Å². The second-order valence-corrected chi connectivity index (χ2v) is 7.94. The number of amides is 1. The van der Waals surface area contributed by atoms with Gasteiger partial charge in [0.25, 0.3) is 0 Å². The lowest BCUT2D eigenvalue weighted by molar-refractivity contribution is -0.126. The van der Waals surface area contributed by atoms with Crippen LogP contribution < -0.4 is 15.8 Å². The lowest BCUT2D eigenvalue weighted by Gasteiger charge is -2.31. The number of rotatable bonds is 6. The molecule has 1 saturated carbocycles. The van der Waals surface area contributed by atoms with Gasteiger partial charge in [0.05, 0.1) is 12.0 Å². The highest BCUT2D eigenvalue weighted by Crippen LogP contribution is 2.27. The Morgan fingerprint density at radius 2 is 1.79 bits per heavy atom. The molecule has 4 nitrogen and oxygen atoms in total. The van der Waals surface area contributed by atoms with Crippen LogP contribution in [0.3, 0.4) is 0 Å². The van der Waals surface area contributed by atoms with E-state index in [1.807, 2.05) is 38.1 Å². The van der Waals surface area contributed by atoms with E-state index in [1.165, 1.54) is 0 Å². The molecule has 1 fully saturated rings. The first-order valence-corrected chi connectivity index (χ1v) is 9.09. The Bertz CT molecular complexity index is 529. The number of carbonyl (C=O) groups is 1. The summed E-state index contributed by atoms with van der Waals surface area (Å²) in [6.45, 7) is 8.90. The van der Waals surface area contributed by atoms with Crippen LogP contribution in [0.4, 0.5) is 0 Å². The molecular formula is C20H32N2O2. The van der Waals surface area contributed by atoms with Gasteiger partial charge in [0.2, 0.25) is 5.91 Å². The molecule has 4 heteroatoms. The fourth-order valence-corrected chi connectivity index (χ4v) is 2.99. The number of hydrogen-bond acceptors (Lipinski definition) is 3. The molecule has 24 heavy (non-hydrogen) atoms. The fourth-order valence-electron chi connectivity index (χ4n) is 2.99. The van der Waals surface area contributed by atoms with Crippen molar-refractivity contribution in [2.24, 2.45) is 11.7 Å². The Labute approximate surface area is 146 Å². The number of hydrogen-bond donors (Lipinski definition) is 2. The summed E-state index contributed by atoms with van der Waals surface area (Å²) in [5.74, 6) is 1.43. The second kappa shape index (κ2) is 8.02. The third-order valence-corrected chi connectivity index (χ3v) is 4.83. The van der Waals surface area contributed by atoms with Crippen LogP contribution in [0, 0.1) is 5.92 Å². The van der Waals surface area contributed by atoms with E-state index >= 15 is 0 Å². The topological polar surface area (TPSA) is 64.3 Å². The van der Waals surface area contributed by atoms with Gasteiger partial charge in [0.15, 0.2) is 0 Å². The molecule has 0 saturated heterocycles. The maximum absolute atomic E-state index is 12.7. The zero-order valence-corrected chi connectivity index (χ0v) is 15.5. The number of nitrogens with two attached hydrogens (primary N) is 1. The Hall–Kier alpha value is -1.55. The predicted octanol–water partition coefficient (Wildman–Crippen LogP) is 3.39. The fraction of sp³-hybridized carbons (Fsp3) is 0.650. The number of ether oxygens (including phenoxy) is 1. The zero-order valence-electron chi connectivity index (χ0n) is 15.5. The first-order valence-electron chi connectivity index (χ1n) is 9.09. The van der Waals surface area contributed by atoms with E-state index in [2.05, 4.69) is 19.2 Å². The van der Waals surface area contributed by atoms with E-state index in [0.29, 0.717) is 18.6 Å². The van der Waals surface area contributed by atoms with Crippen LogP contribution >= 0.6 is 0 Å². The molecule has 1 aliphatic rings. The van der Waals surface area contributed by atoms with Crippen molar-refractivity contribution < 1.29 is 9.53 Å². The van der Waals surface area contributed by atoms with E-state index in [4.69, 9.17) is 10.5 Å². The van der Waals surface area contributed by atoms with Crippen molar-refractivity contribution in [1.29, 1.82) is 0 Å². The molecule has 0 atom stereocenters. The molecule has 3 N–H and O–H groups in total. The van der Waals surface area contributed by atoms with Crippen LogP contribution in [0.2, 0.25) is 0 Å². The van der Waals surface area contributed by atoms with Crippen LogP contribution in [0.5, 0.6) is 5.75 Å². The molecule has 0 bridgehead atoms. The van der Waals surface area contributed by atoms with Gasteiger partial charge in [-0.2, -0.15) is 0 Å². The van der Waals surface area contributed by atoms with Gasteiger partial charge >= 0.3 is 0 Å². The van der Waals surface area contributed by atoms with E-state index in [-0.39, 0.29) is 11.9 Å². The van der Waals surface area contributed by atoms with Gasteiger partial charge in [-0.1, -0.05) is 26.0 Å². The summed E-state index contributed by atoms with van der Waals surface area (Å²) in [6, 6.07) is 8.44. The number of carbonyl (C=O) groups excluding carboxylic acids is 1. The largest absolute Gasteiger partial charge is 0.493 e. The average Bonchev–Trinajstić information content (AvgIpc) is 2.55. The van der Waals surface area contributed by atoms with Crippen LogP contribution in [-0.2, 0) is 10.2 Å². The lowest BCUT2D eigenvalue weighted by Crippen LogP contribution is -2.47. The summed E-state index contributed by atoms with van der Waals surface area (Å²) in [6.07, 6.45) is 3.94. The molecule has 0 radical (unpaired) electrons. The Balaban J connectivity index is 1.96. The first-order chi connectivity index (χ1) is 11.3. The minimum Gasteiger partial charge on any atom is -0.493 e. The first kappa shape index (κ1) is 18.8. The third-order valence-electron chi connectivity index (χ3n) is 4.83. The summed E-state index contributed by atoms with van der Waals surface area (Å²) in [4.78, 5) is 12.7. The van der Waals surface area contributed by atoms with Crippen LogP contribution in [-0.4, -0.2) is 24.6 Å². The standard InChI is InChI=1S/C20H32N2O2/c1-14(2)13-24-18-11-5-15(6-12-18)20(3,4)19(23)22-17-9-7-16(21)8-10-17/h5-6,11-12,14,16-17H,7-10,13,21H2,1-4H3,(H,22,23). The minimum absolute atomic E-state index is 0.0822. The molecule has 0 aromatic heterocycles. The van der Waals surface area contributed by atoms with Crippen molar-refractivity contribution in [2.75, 3.05) is 6.61 Å². The van der Waals surface area contributed by atoms with E-state index in [1.54, 1.807) is 0 Å². The molecular weight excluding hydrogens is 300 g/mol.